The van der Waals surface area contributed by atoms with Gasteiger partial charge in [-0.25, -0.2) is 0 Å². The van der Waals surface area contributed by atoms with Gasteiger partial charge in [-0.3, -0.25) is 4.79 Å². The van der Waals surface area contributed by atoms with E-state index in [-0.39, 0.29) is 0 Å². The third kappa shape index (κ3) is 2.03. The van der Waals surface area contributed by atoms with Crippen molar-refractivity contribution in [2.75, 3.05) is 13.1 Å². The van der Waals surface area contributed by atoms with Gasteiger partial charge in [-0.1, -0.05) is 38.1 Å². The molecule has 0 aliphatic carbocycles. The van der Waals surface area contributed by atoms with Gasteiger partial charge >= 0.3 is 0 Å². The normalized spacial score (nSPS) is 24.9. The lowest BCUT2D eigenvalue weighted by atomic mass is 9.80. The first-order chi connectivity index (χ1) is 7.74. The summed E-state index contributed by atoms with van der Waals surface area (Å²) in [5.74, 6) is 1.78. The molecule has 2 rings (SSSR count). The van der Waals surface area contributed by atoms with Crippen LogP contribution in [0.25, 0.3) is 0 Å². The Balaban J connectivity index is 2.32. The summed E-state index contributed by atoms with van der Waals surface area (Å²) < 4.78 is 0. The second kappa shape index (κ2) is 4.79. The van der Waals surface area contributed by atoms with Gasteiger partial charge in [0.25, 0.3) is 0 Å². The molecule has 0 saturated carbocycles. The van der Waals surface area contributed by atoms with Crippen LogP contribution in [0.15, 0.2) is 24.3 Å². The van der Waals surface area contributed by atoms with Crippen molar-refractivity contribution in [1.29, 1.82) is 0 Å². The van der Waals surface area contributed by atoms with Crippen LogP contribution in [0.3, 0.4) is 0 Å². The average molecular weight is 217 g/mol. The molecule has 2 atom stereocenters. The summed E-state index contributed by atoms with van der Waals surface area (Å²) in [6.07, 6.45) is 0.977. The highest BCUT2D eigenvalue weighted by molar-refractivity contribution is 5.77. The van der Waals surface area contributed by atoms with Crippen molar-refractivity contribution >= 4 is 6.29 Å². The van der Waals surface area contributed by atoms with Gasteiger partial charge in [0.1, 0.15) is 6.29 Å². The van der Waals surface area contributed by atoms with Gasteiger partial charge in [0, 0.05) is 18.0 Å². The van der Waals surface area contributed by atoms with Crippen LogP contribution in [0.5, 0.6) is 0 Å². The van der Waals surface area contributed by atoms with Crippen molar-refractivity contribution < 1.29 is 4.79 Å². The molecular weight excluding hydrogens is 198 g/mol. The zero-order chi connectivity index (χ0) is 11.5. The predicted molar refractivity (Wildman–Crippen MR) is 65.8 cm³/mol. The Hall–Kier alpha value is -1.15. The molecule has 0 amide bonds. The van der Waals surface area contributed by atoms with Crippen molar-refractivity contribution in [1.82, 2.24) is 5.32 Å². The highest BCUT2D eigenvalue weighted by Crippen LogP contribution is 2.34. The molecule has 1 aliphatic rings. The fourth-order valence-corrected chi connectivity index (χ4v) is 2.70. The van der Waals surface area contributed by atoms with Crippen LogP contribution in [0.1, 0.15) is 35.7 Å². The van der Waals surface area contributed by atoms with Crippen molar-refractivity contribution in [2.45, 2.75) is 19.8 Å². The van der Waals surface area contributed by atoms with Crippen LogP contribution in [-0.2, 0) is 0 Å². The topological polar surface area (TPSA) is 29.1 Å². The summed E-state index contributed by atoms with van der Waals surface area (Å²) in [6, 6.07) is 7.97. The lowest BCUT2D eigenvalue weighted by Crippen LogP contribution is -2.18. The summed E-state index contributed by atoms with van der Waals surface area (Å²) in [5.41, 5.74) is 2.06. The maximum atomic E-state index is 11.0. The van der Waals surface area contributed by atoms with Gasteiger partial charge in [0.05, 0.1) is 0 Å². The molecule has 1 saturated heterocycles. The van der Waals surface area contributed by atoms with Crippen molar-refractivity contribution in [3.8, 4) is 0 Å². The molecule has 1 aromatic carbocycles. The molecule has 1 fully saturated rings. The van der Waals surface area contributed by atoms with Crippen LogP contribution < -0.4 is 5.32 Å². The highest BCUT2D eigenvalue weighted by atomic mass is 16.1. The molecule has 1 heterocycles. The van der Waals surface area contributed by atoms with Crippen LogP contribution in [0.2, 0.25) is 0 Å². The standard InChI is InChI=1S/C14H19NO/c1-10(2)13-7-15-8-14(13)12-6-4-3-5-11(12)9-16/h3-6,9-10,13-15H,7-8H2,1-2H3. The monoisotopic (exact) mass is 217 g/mol. The number of carbonyl (C=O) groups is 1. The van der Waals surface area contributed by atoms with E-state index in [0.717, 1.165) is 24.9 Å². The Labute approximate surface area is 97.1 Å². The van der Waals surface area contributed by atoms with Crippen LogP contribution in [0.4, 0.5) is 0 Å². The minimum atomic E-state index is 0.487. The lowest BCUT2D eigenvalue weighted by molar-refractivity contribution is 0.112. The summed E-state index contributed by atoms with van der Waals surface area (Å²) in [4.78, 5) is 11.0. The van der Waals surface area contributed by atoms with Crippen molar-refractivity contribution in [2.24, 2.45) is 11.8 Å². The lowest BCUT2D eigenvalue weighted by Gasteiger charge is -2.23. The van der Waals surface area contributed by atoms with Gasteiger partial charge in [0.15, 0.2) is 0 Å². The minimum Gasteiger partial charge on any atom is -0.316 e. The number of benzene rings is 1. The van der Waals surface area contributed by atoms with Gasteiger partial charge in [-0.2, -0.15) is 0 Å². The molecule has 1 N–H and O–H groups in total. The molecule has 1 aromatic rings. The van der Waals surface area contributed by atoms with E-state index in [2.05, 4.69) is 25.2 Å². The molecule has 2 heteroatoms. The first-order valence-corrected chi connectivity index (χ1v) is 5.99. The van der Waals surface area contributed by atoms with E-state index in [4.69, 9.17) is 0 Å². The van der Waals surface area contributed by atoms with Gasteiger partial charge in [0.2, 0.25) is 0 Å². The smallest absolute Gasteiger partial charge is 0.150 e. The summed E-state index contributed by atoms with van der Waals surface area (Å²) in [6.45, 7) is 6.58. The van der Waals surface area contributed by atoms with Crippen LogP contribution >= 0.6 is 0 Å². The molecule has 0 aromatic heterocycles. The number of hydrogen-bond donors (Lipinski definition) is 1. The van der Waals surface area contributed by atoms with E-state index in [1.807, 2.05) is 18.2 Å². The zero-order valence-corrected chi connectivity index (χ0v) is 9.94. The Morgan fingerprint density at radius 3 is 2.75 bits per heavy atom. The van der Waals surface area contributed by atoms with Gasteiger partial charge in [-0.15, -0.1) is 0 Å². The Bertz CT molecular complexity index is 373. The second-order valence-electron chi connectivity index (χ2n) is 4.92. The van der Waals surface area contributed by atoms with E-state index >= 15 is 0 Å². The molecule has 0 radical (unpaired) electrons. The van der Waals surface area contributed by atoms with Crippen LogP contribution in [0, 0.1) is 11.8 Å². The first-order valence-electron chi connectivity index (χ1n) is 5.99. The van der Waals surface area contributed by atoms with E-state index in [1.165, 1.54) is 5.56 Å². The van der Waals surface area contributed by atoms with Gasteiger partial charge < -0.3 is 5.32 Å². The molecule has 86 valence electrons. The third-order valence-electron chi connectivity index (χ3n) is 3.64. The quantitative estimate of drug-likeness (QED) is 0.788. The number of hydrogen-bond acceptors (Lipinski definition) is 2. The van der Waals surface area contributed by atoms with Crippen LogP contribution in [-0.4, -0.2) is 19.4 Å². The number of nitrogens with one attached hydrogen (secondary N) is 1. The molecule has 2 nitrogen and oxygen atoms in total. The maximum Gasteiger partial charge on any atom is 0.150 e. The molecule has 0 spiro atoms. The minimum absolute atomic E-state index is 0.487. The van der Waals surface area contributed by atoms with E-state index in [0.29, 0.717) is 17.8 Å². The average Bonchev–Trinajstić information content (AvgIpc) is 2.77. The summed E-state index contributed by atoms with van der Waals surface area (Å²) in [7, 11) is 0. The number of carbonyl (C=O) groups excluding carboxylic acids is 1. The summed E-state index contributed by atoms with van der Waals surface area (Å²) >= 11 is 0. The second-order valence-corrected chi connectivity index (χ2v) is 4.92. The molecule has 2 unspecified atom stereocenters. The zero-order valence-electron chi connectivity index (χ0n) is 9.94. The Kier molecular flexibility index (Phi) is 3.39. The molecule has 0 bridgehead atoms. The Morgan fingerprint density at radius 2 is 2.06 bits per heavy atom. The first kappa shape index (κ1) is 11.3. The van der Waals surface area contributed by atoms with Crippen molar-refractivity contribution in [3.05, 3.63) is 35.4 Å². The SMILES string of the molecule is CC(C)C1CNCC1c1ccccc1C=O. The predicted octanol–water partition coefficient (Wildman–Crippen LogP) is 2.46. The van der Waals surface area contributed by atoms with E-state index in [9.17, 15) is 4.79 Å². The fraction of sp³-hybridized carbons (Fsp3) is 0.500. The largest absolute Gasteiger partial charge is 0.316 e. The van der Waals surface area contributed by atoms with E-state index in [1.54, 1.807) is 0 Å². The van der Waals surface area contributed by atoms with Gasteiger partial charge in [-0.05, 0) is 23.9 Å². The third-order valence-corrected chi connectivity index (χ3v) is 3.64. The van der Waals surface area contributed by atoms with E-state index < -0.39 is 0 Å². The fourth-order valence-electron chi connectivity index (χ4n) is 2.70. The summed E-state index contributed by atoms with van der Waals surface area (Å²) in [5, 5.41) is 3.44. The molecule has 1 aliphatic heterocycles. The maximum absolute atomic E-state index is 11.0. The molecule has 16 heavy (non-hydrogen) atoms. The van der Waals surface area contributed by atoms with Crippen molar-refractivity contribution in [3.63, 3.8) is 0 Å². The Morgan fingerprint density at radius 1 is 1.31 bits per heavy atom. The molecular formula is C14H19NO. The highest BCUT2D eigenvalue weighted by Gasteiger charge is 2.31. The number of aldehydes is 1. The number of rotatable bonds is 3.